The van der Waals surface area contributed by atoms with Crippen molar-refractivity contribution >= 4 is 23.4 Å². The maximum Gasteiger partial charge on any atom is 0.248 e. The lowest BCUT2D eigenvalue weighted by atomic mass is 10.0. The molecule has 0 saturated carbocycles. The predicted molar refractivity (Wildman–Crippen MR) is 128 cm³/mol. The van der Waals surface area contributed by atoms with Gasteiger partial charge in [0.1, 0.15) is 23.5 Å². The Hall–Kier alpha value is -4.28. The normalized spacial score (nSPS) is 11.8. The van der Waals surface area contributed by atoms with Gasteiger partial charge in [-0.2, -0.15) is 5.10 Å². The Morgan fingerprint density at radius 2 is 2.03 bits per heavy atom. The number of benzene rings is 1. The van der Waals surface area contributed by atoms with Crippen molar-refractivity contribution in [3.05, 3.63) is 66.2 Å². The number of nitrogens with one attached hydrogen (secondary N) is 3. The van der Waals surface area contributed by atoms with Crippen molar-refractivity contribution in [3.8, 4) is 11.3 Å². The third kappa shape index (κ3) is 5.03. The summed E-state index contributed by atoms with van der Waals surface area (Å²) < 4.78 is 15.1. The average molecular weight is 464 g/mol. The van der Waals surface area contributed by atoms with E-state index in [9.17, 15) is 9.18 Å². The Balaban J connectivity index is 1.61. The number of hydrogen-bond donors (Lipinski definition) is 3. The van der Waals surface area contributed by atoms with Gasteiger partial charge < -0.3 is 15.5 Å². The van der Waals surface area contributed by atoms with Crippen LogP contribution in [0.2, 0.25) is 0 Å². The van der Waals surface area contributed by atoms with E-state index in [1.165, 1.54) is 12.1 Å². The van der Waals surface area contributed by atoms with Crippen molar-refractivity contribution in [3.63, 3.8) is 0 Å². The zero-order valence-electron chi connectivity index (χ0n) is 19.2. The molecule has 0 bridgehead atoms. The fourth-order valence-corrected chi connectivity index (χ4v) is 3.61. The van der Waals surface area contributed by atoms with Gasteiger partial charge in [0.05, 0.1) is 11.9 Å². The highest BCUT2D eigenvalue weighted by Gasteiger charge is 2.27. The predicted octanol–water partition coefficient (Wildman–Crippen LogP) is 2.95. The van der Waals surface area contributed by atoms with Gasteiger partial charge in [-0.1, -0.05) is 17.3 Å². The number of nitrogens with zero attached hydrogens (tertiary/aromatic N) is 6. The van der Waals surface area contributed by atoms with Gasteiger partial charge in [-0.25, -0.2) is 14.1 Å². The molecule has 4 aromatic rings. The van der Waals surface area contributed by atoms with Crippen LogP contribution in [0.15, 0.2) is 54.9 Å². The van der Waals surface area contributed by atoms with Gasteiger partial charge in [-0.05, 0) is 36.8 Å². The first-order valence-corrected chi connectivity index (χ1v) is 10.8. The summed E-state index contributed by atoms with van der Waals surface area (Å²) in [6, 6.07) is 11.1. The van der Waals surface area contributed by atoms with Crippen molar-refractivity contribution in [2.24, 2.45) is 0 Å². The summed E-state index contributed by atoms with van der Waals surface area (Å²) in [5.41, 5.74) is 2.42. The molecule has 1 amide bonds. The molecule has 0 aliphatic carbocycles. The quantitative estimate of drug-likeness (QED) is 0.349. The summed E-state index contributed by atoms with van der Waals surface area (Å²) >= 11 is 0. The van der Waals surface area contributed by atoms with Crippen LogP contribution in [0.4, 0.5) is 21.8 Å². The molecule has 0 saturated heterocycles. The lowest BCUT2D eigenvalue weighted by molar-refractivity contribution is -0.117. The summed E-state index contributed by atoms with van der Waals surface area (Å²) in [6.45, 7) is 2.52. The molecule has 4 rings (SSSR count). The molecule has 3 aromatic heterocycles. The molecule has 11 heteroatoms. The number of H-pyrrole nitrogens is 1. The standard InChI is InChI=1S/C23H26FN9O/c1-4-33-21(13-18(30-33)16-9-10-26-20(12-16)25-2)28-23(34)19(32(3)22-14-27-31-29-22)11-15-5-7-17(24)8-6-15/h5-10,12-14,19H,4,11H2,1-3H3,(H,25,26)(H,28,34)(H,27,29,31)/t19-/m0/s1. The minimum atomic E-state index is -0.629. The summed E-state index contributed by atoms with van der Waals surface area (Å²) in [4.78, 5) is 19.5. The topological polar surface area (TPSA) is 117 Å². The van der Waals surface area contributed by atoms with Crippen LogP contribution in [0.25, 0.3) is 11.3 Å². The number of anilines is 3. The van der Waals surface area contributed by atoms with Crippen LogP contribution in [0.3, 0.4) is 0 Å². The summed E-state index contributed by atoms with van der Waals surface area (Å²) in [5.74, 6) is 1.24. The number of rotatable bonds is 9. The second-order valence-corrected chi connectivity index (χ2v) is 7.69. The number of likely N-dealkylation sites (N-methyl/N-ethyl adjacent to an activating group) is 1. The number of aryl methyl sites for hydroxylation is 1. The third-order valence-electron chi connectivity index (χ3n) is 5.52. The maximum atomic E-state index is 13.5. The lowest BCUT2D eigenvalue weighted by Gasteiger charge is -2.27. The van der Waals surface area contributed by atoms with Crippen LogP contribution in [-0.2, 0) is 17.8 Å². The second kappa shape index (κ2) is 10.1. The van der Waals surface area contributed by atoms with E-state index in [1.807, 2.05) is 25.1 Å². The summed E-state index contributed by atoms with van der Waals surface area (Å²) in [6.07, 6.45) is 3.66. The molecule has 0 fully saturated rings. The number of halogens is 1. The van der Waals surface area contributed by atoms with Crippen LogP contribution < -0.4 is 15.5 Å². The van der Waals surface area contributed by atoms with E-state index >= 15 is 0 Å². The molecule has 0 aliphatic rings. The molecule has 1 aromatic carbocycles. The number of hydrogen-bond acceptors (Lipinski definition) is 7. The van der Waals surface area contributed by atoms with E-state index in [0.717, 1.165) is 22.6 Å². The van der Waals surface area contributed by atoms with E-state index in [4.69, 9.17) is 0 Å². The monoisotopic (exact) mass is 463 g/mol. The fraction of sp³-hybridized carbons (Fsp3) is 0.261. The molecule has 0 radical (unpaired) electrons. The van der Waals surface area contributed by atoms with Crippen molar-refractivity contribution in [2.45, 2.75) is 25.9 Å². The van der Waals surface area contributed by atoms with Gasteiger partial charge in [-0.15, -0.1) is 5.10 Å². The van der Waals surface area contributed by atoms with Gasteiger partial charge in [0, 0.05) is 44.9 Å². The molecule has 3 heterocycles. The number of aromatic amines is 1. The number of carbonyl (C=O) groups is 1. The minimum Gasteiger partial charge on any atom is -0.373 e. The highest BCUT2D eigenvalue weighted by molar-refractivity contribution is 5.96. The Labute approximate surface area is 196 Å². The van der Waals surface area contributed by atoms with E-state index in [0.29, 0.717) is 24.6 Å². The molecule has 1 atom stereocenters. The average Bonchev–Trinajstić information content (AvgIpc) is 3.53. The van der Waals surface area contributed by atoms with E-state index < -0.39 is 6.04 Å². The number of amides is 1. The number of aromatic nitrogens is 6. The van der Waals surface area contributed by atoms with E-state index in [-0.39, 0.29) is 11.7 Å². The molecule has 0 unspecified atom stereocenters. The number of pyridine rings is 1. The zero-order valence-corrected chi connectivity index (χ0v) is 19.2. The molecule has 0 spiro atoms. The Bertz CT molecular complexity index is 1240. The van der Waals surface area contributed by atoms with Crippen LogP contribution in [-0.4, -0.2) is 56.2 Å². The number of carbonyl (C=O) groups excluding carboxylic acids is 1. The van der Waals surface area contributed by atoms with E-state index in [2.05, 4.69) is 36.1 Å². The highest BCUT2D eigenvalue weighted by Crippen LogP contribution is 2.24. The van der Waals surface area contributed by atoms with Crippen molar-refractivity contribution in [1.82, 2.24) is 30.2 Å². The maximum absolute atomic E-state index is 13.5. The Morgan fingerprint density at radius 1 is 1.24 bits per heavy atom. The van der Waals surface area contributed by atoms with Gasteiger partial charge in [0.2, 0.25) is 5.91 Å². The largest absolute Gasteiger partial charge is 0.373 e. The van der Waals surface area contributed by atoms with Crippen molar-refractivity contribution < 1.29 is 9.18 Å². The first-order chi connectivity index (χ1) is 16.5. The molecule has 3 N–H and O–H groups in total. The van der Waals surface area contributed by atoms with Gasteiger partial charge in [0.25, 0.3) is 0 Å². The van der Waals surface area contributed by atoms with E-state index in [1.54, 1.807) is 48.2 Å². The van der Waals surface area contributed by atoms with Crippen LogP contribution in [0, 0.1) is 5.82 Å². The molecule has 0 aliphatic heterocycles. The second-order valence-electron chi connectivity index (χ2n) is 7.69. The lowest BCUT2D eigenvalue weighted by Crippen LogP contribution is -2.44. The molecular formula is C23H26FN9O. The van der Waals surface area contributed by atoms with Gasteiger partial charge in [0.15, 0.2) is 5.82 Å². The molecule has 176 valence electrons. The van der Waals surface area contributed by atoms with Crippen LogP contribution in [0.5, 0.6) is 0 Å². The Morgan fingerprint density at radius 3 is 2.71 bits per heavy atom. The first-order valence-electron chi connectivity index (χ1n) is 10.8. The molecular weight excluding hydrogens is 437 g/mol. The van der Waals surface area contributed by atoms with Crippen LogP contribution in [0.1, 0.15) is 12.5 Å². The smallest absolute Gasteiger partial charge is 0.248 e. The minimum absolute atomic E-state index is 0.249. The first kappa shape index (κ1) is 22.9. The Kier molecular flexibility index (Phi) is 6.81. The zero-order chi connectivity index (χ0) is 24.1. The molecule has 10 nitrogen and oxygen atoms in total. The highest BCUT2D eigenvalue weighted by atomic mass is 19.1. The van der Waals surface area contributed by atoms with Gasteiger partial charge in [-0.3, -0.25) is 9.89 Å². The van der Waals surface area contributed by atoms with Gasteiger partial charge >= 0.3 is 0 Å². The SMILES string of the molecule is CCn1nc(-c2ccnc(NC)c2)cc1NC(=O)[C@H](Cc1ccc(F)cc1)N(C)c1c[nH]nn1. The van der Waals surface area contributed by atoms with Crippen molar-refractivity contribution in [2.75, 3.05) is 29.6 Å². The summed E-state index contributed by atoms with van der Waals surface area (Å²) in [5, 5.41) is 21.1. The third-order valence-corrected chi connectivity index (χ3v) is 5.52. The van der Waals surface area contributed by atoms with Crippen molar-refractivity contribution in [1.29, 1.82) is 0 Å². The van der Waals surface area contributed by atoms with Crippen LogP contribution >= 0.6 is 0 Å². The summed E-state index contributed by atoms with van der Waals surface area (Å²) in [7, 11) is 3.57. The molecule has 34 heavy (non-hydrogen) atoms. The fourth-order valence-electron chi connectivity index (χ4n) is 3.61.